The number of hydrogen-bond donors (Lipinski definition) is 0. The number of halogens is 20. The van der Waals surface area contributed by atoms with Crippen LogP contribution < -0.4 is 54.2 Å². The fourth-order valence-corrected chi connectivity index (χ4v) is 15.0. The Kier molecular flexibility index (Phi) is 20.1. The molecular weight excluding hydrogens is 1300 g/mol. The molecule has 436 valence electrons. The van der Waals surface area contributed by atoms with Crippen molar-refractivity contribution in [1.82, 2.24) is 0 Å². The first-order chi connectivity index (χ1) is 40.1. The van der Waals surface area contributed by atoms with E-state index >= 15 is 17.6 Å². The van der Waals surface area contributed by atoms with Crippen molar-refractivity contribution in [3.05, 3.63) is 253 Å². The van der Waals surface area contributed by atoms with Gasteiger partial charge in [-0.05, 0) is 0 Å². The topological polar surface area (TPSA) is 36.9 Å². The third-order valence-electron chi connectivity index (χ3n) is 12.5. The molecule has 9 rings (SSSR count). The Labute approximate surface area is 490 Å². The molecule has 0 aliphatic rings. The van der Waals surface area contributed by atoms with Crippen LogP contribution in [-0.2, 0) is 0 Å². The first kappa shape index (κ1) is 62.8. The van der Waals surface area contributed by atoms with E-state index in [-0.39, 0.29) is 0 Å². The van der Waals surface area contributed by atoms with Crippen LogP contribution in [-0.4, -0.2) is 46.5 Å². The molecule has 9 aromatic rings. The second-order valence-corrected chi connectivity index (χ2v) is 23.0. The Morgan fingerprint density at radius 3 is 0.810 bits per heavy atom. The van der Waals surface area contributed by atoms with E-state index in [0.29, 0.717) is 26.4 Å². The van der Waals surface area contributed by atoms with Crippen LogP contribution in [0.25, 0.3) is 0 Å². The van der Waals surface area contributed by atoms with E-state index < -0.39 is 155 Å². The van der Waals surface area contributed by atoms with Crippen molar-refractivity contribution in [3.63, 3.8) is 0 Å². The van der Waals surface area contributed by atoms with Crippen molar-refractivity contribution < 1.29 is 89.2 Å². The van der Waals surface area contributed by atoms with E-state index in [1.54, 1.807) is 0 Å². The standard InChI is InChI=1S/C34H31O4Se.C24BCl4F16/c1-4-14-28(15-5-1)35-24-26-37-31-20-10-12-22-33(31)39(30-18-8-3-9-19-30)34-23-13-11-21-32(34)38-27-25-36-29-16-6-2-7-17-29;26-5-1(9(30)17(38)21(42)13(5)34)25(2-6(27)14(35)22(43)18(39)10(2)31,3-7(28)15(36)23(44)19(40)11(3)32)4-8(29)16(37)24(45)20(41)12(4)33/h1-23H,24-27H2;/q+1;-1. The molecule has 0 heterocycles. The zero-order valence-electron chi connectivity index (χ0n) is 41.8. The SMILES string of the molecule is Fc1c(F)c(F)c([B-](c2c(F)c(F)c(F)c(F)c2Cl)(c2c(F)c(F)c(F)c(F)c2Cl)c2c(F)c(F)c(F)c(F)c2Cl)c(Cl)c1F.c1ccc(OCCOc2ccccc2[Se+](c2ccccc2)c2ccccc2OCCOc2ccccc2)cc1. The molecule has 0 amide bonds. The van der Waals surface area contributed by atoms with Crippen LogP contribution in [0.2, 0.25) is 20.1 Å². The molecule has 0 saturated carbocycles. The van der Waals surface area contributed by atoms with E-state index in [0.717, 1.165) is 23.0 Å². The van der Waals surface area contributed by atoms with Gasteiger partial charge in [0.15, 0.2) is 69.8 Å². The summed E-state index contributed by atoms with van der Waals surface area (Å²) in [5, 5.41) is -9.69. The van der Waals surface area contributed by atoms with Gasteiger partial charge in [0.25, 0.3) is 0 Å². The third kappa shape index (κ3) is 11.9. The Hall–Kier alpha value is -7.20. The van der Waals surface area contributed by atoms with Crippen LogP contribution in [0.15, 0.2) is 140 Å². The molecular formula is C58H31BCl4F16O4Se. The Bertz CT molecular complexity index is 3430. The van der Waals surface area contributed by atoms with Gasteiger partial charge >= 0.3 is 235 Å². The van der Waals surface area contributed by atoms with Crippen molar-refractivity contribution in [2.45, 2.75) is 0 Å². The van der Waals surface area contributed by atoms with Crippen LogP contribution in [0.3, 0.4) is 0 Å². The van der Waals surface area contributed by atoms with Crippen molar-refractivity contribution in [1.29, 1.82) is 0 Å². The van der Waals surface area contributed by atoms with Crippen molar-refractivity contribution in [2.75, 3.05) is 26.4 Å². The normalized spacial score (nSPS) is 11.4. The number of rotatable bonds is 17. The summed E-state index contributed by atoms with van der Waals surface area (Å²) in [5.41, 5.74) is -10.7. The first-order valence-electron chi connectivity index (χ1n) is 23.9. The molecule has 0 unspecified atom stereocenters. The molecule has 84 heavy (non-hydrogen) atoms. The Balaban J connectivity index is 0.000000221. The van der Waals surface area contributed by atoms with Crippen LogP contribution in [0.1, 0.15) is 0 Å². The molecule has 0 aliphatic carbocycles. The van der Waals surface area contributed by atoms with E-state index in [1.165, 1.54) is 13.4 Å². The maximum atomic E-state index is 15.8. The molecule has 0 N–H and O–H groups in total. The van der Waals surface area contributed by atoms with Crippen molar-refractivity contribution >= 4 is 102 Å². The molecule has 4 nitrogen and oxygen atoms in total. The summed E-state index contributed by atoms with van der Waals surface area (Å²) in [7, 11) is 0. The Morgan fingerprint density at radius 2 is 0.512 bits per heavy atom. The molecule has 0 aliphatic heterocycles. The summed E-state index contributed by atoms with van der Waals surface area (Å²) >= 11 is 20.5. The van der Waals surface area contributed by atoms with Crippen LogP contribution in [0.5, 0.6) is 23.0 Å². The van der Waals surface area contributed by atoms with Crippen LogP contribution in [0.4, 0.5) is 70.2 Å². The quantitative estimate of drug-likeness (QED) is 0.0299. The van der Waals surface area contributed by atoms with E-state index in [9.17, 15) is 52.7 Å². The molecule has 0 saturated heterocycles. The minimum atomic E-state index is -6.24. The van der Waals surface area contributed by atoms with Crippen LogP contribution in [0, 0.1) is 93.1 Å². The second kappa shape index (κ2) is 26.8. The zero-order chi connectivity index (χ0) is 60.9. The zero-order valence-corrected chi connectivity index (χ0v) is 46.5. The Morgan fingerprint density at radius 1 is 0.274 bits per heavy atom. The van der Waals surface area contributed by atoms with Gasteiger partial charge in [-0.1, -0.05) is 46.4 Å². The molecule has 0 spiro atoms. The fourth-order valence-electron chi connectivity index (χ4n) is 8.94. The first-order valence-corrected chi connectivity index (χ1v) is 28.0. The summed E-state index contributed by atoms with van der Waals surface area (Å²) in [4.78, 5) is 0. The van der Waals surface area contributed by atoms with Gasteiger partial charge in [0.2, 0.25) is 0 Å². The van der Waals surface area contributed by atoms with Gasteiger partial charge < -0.3 is 0 Å². The fraction of sp³-hybridized carbons (Fsp3) is 0.0690. The number of ether oxygens (including phenoxy) is 4. The minimum absolute atomic E-state index is 0.453. The van der Waals surface area contributed by atoms with Crippen molar-refractivity contribution in [3.8, 4) is 23.0 Å². The molecule has 0 radical (unpaired) electrons. The van der Waals surface area contributed by atoms with Crippen molar-refractivity contribution in [2.24, 2.45) is 0 Å². The maximum absolute atomic E-state index is 15.8. The third-order valence-corrected chi connectivity index (χ3v) is 18.8. The van der Waals surface area contributed by atoms with E-state index in [2.05, 4.69) is 66.7 Å². The summed E-state index contributed by atoms with van der Waals surface area (Å²) in [6, 6.07) is 47.0. The van der Waals surface area contributed by atoms with Gasteiger partial charge in [0.05, 0.1) is 0 Å². The van der Waals surface area contributed by atoms with Gasteiger partial charge in [-0.3, -0.25) is 0 Å². The van der Waals surface area contributed by atoms with Gasteiger partial charge in [-0.15, -0.1) is 21.9 Å². The monoisotopic (exact) mass is 1330 g/mol. The van der Waals surface area contributed by atoms with Gasteiger partial charge in [0, 0.05) is 20.1 Å². The average molecular weight is 1330 g/mol. The number of para-hydroxylation sites is 4. The summed E-state index contributed by atoms with van der Waals surface area (Å²) in [6.45, 7) is 1.84. The summed E-state index contributed by atoms with van der Waals surface area (Å²) < 4.78 is 266. The predicted octanol–water partition coefficient (Wildman–Crippen LogP) is 13.0. The average Bonchev–Trinajstić information content (AvgIpc) is 0.726. The molecule has 0 fully saturated rings. The number of benzene rings is 9. The molecule has 26 heteroatoms. The van der Waals surface area contributed by atoms with E-state index in [1.807, 2.05) is 72.8 Å². The molecule has 9 aromatic carbocycles. The molecule has 0 atom stereocenters. The predicted molar refractivity (Wildman–Crippen MR) is 288 cm³/mol. The summed E-state index contributed by atoms with van der Waals surface area (Å²) in [5.74, 6) is -44.9. The molecule has 0 aromatic heterocycles. The van der Waals surface area contributed by atoms with Crippen LogP contribution >= 0.6 is 46.4 Å². The second-order valence-electron chi connectivity index (χ2n) is 17.3. The van der Waals surface area contributed by atoms with E-state index in [4.69, 9.17) is 65.4 Å². The van der Waals surface area contributed by atoms with Gasteiger partial charge in [-0.25, -0.2) is 70.2 Å². The van der Waals surface area contributed by atoms with Gasteiger partial charge in [0.1, 0.15) is 29.4 Å². The molecule has 0 bridgehead atoms. The van der Waals surface area contributed by atoms with Gasteiger partial charge in [-0.2, -0.15) is 0 Å². The summed E-state index contributed by atoms with van der Waals surface area (Å²) in [6.07, 6.45) is -6.24. The number of hydrogen-bond acceptors (Lipinski definition) is 4.